The van der Waals surface area contributed by atoms with Gasteiger partial charge >= 0.3 is 5.63 Å². The van der Waals surface area contributed by atoms with E-state index in [9.17, 15) is 13.2 Å². The van der Waals surface area contributed by atoms with Gasteiger partial charge in [0.25, 0.3) is 0 Å². The van der Waals surface area contributed by atoms with Crippen molar-refractivity contribution in [3.63, 3.8) is 0 Å². The number of hydrogen-bond acceptors (Lipinski definition) is 5. The molecule has 2 N–H and O–H groups in total. The van der Waals surface area contributed by atoms with E-state index in [2.05, 4.69) is 10.0 Å². The van der Waals surface area contributed by atoms with Crippen LogP contribution in [0.1, 0.15) is 12.8 Å². The molecule has 6 nitrogen and oxygen atoms in total. The zero-order valence-corrected chi connectivity index (χ0v) is 12.2. The second-order valence-corrected chi connectivity index (χ2v) is 6.83. The fourth-order valence-corrected chi connectivity index (χ4v) is 3.76. The topological polar surface area (TPSA) is 88.4 Å². The minimum Gasteiger partial charge on any atom is -0.423 e. The van der Waals surface area contributed by atoms with Gasteiger partial charge in [-0.3, -0.25) is 0 Å². The van der Waals surface area contributed by atoms with Crippen LogP contribution >= 0.6 is 0 Å². The lowest BCUT2D eigenvalue weighted by Crippen LogP contribution is -2.45. The summed E-state index contributed by atoms with van der Waals surface area (Å²) >= 11 is 0. The Bertz CT molecular complexity index is 807. The fraction of sp³-hybridized carbons (Fsp3) is 0.357. The Balaban J connectivity index is 1.90. The first-order chi connectivity index (χ1) is 10.0. The summed E-state index contributed by atoms with van der Waals surface area (Å²) < 4.78 is 32.5. The average molecular weight is 308 g/mol. The van der Waals surface area contributed by atoms with Crippen LogP contribution in [0.4, 0.5) is 0 Å². The predicted octanol–water partition coefficient (Wildman–Crippen LogP) is 0.823. The molecule has 0 radical (unpaired) electrons. The lowest BCUT2D eigenvalue weighted by atomic mass is 10.1. The highest BCUT2D eigenvalue weighted by Gasteiger charge is 2.21. The quantitative estimate of drug-likeness (QED) is 0.820. The molecular weight excluding hydrogens is 292 g/mol. The Hall–Kier alpha value is -1.70. The highest BCUT2D eigenvalue weighted by molar-refractivity contribution is 7.89. The lowest BCUT2D eigenvalue weighted by Gasteiger charge is -2.23. The standard InChI is InChI=1S/C14H16N2O4S/c17-14-6-3-10-8-12(4-5-13(10)20-14)21(18,19)16-11-2-1-7-15-9-11/h3-6,8,11,15-16H,1-2,7,9H2/t11-/m1/s1. The second-order valence-electron chi connectivity index (χ2n) is 5.12. The molecule has 1 fully saturated rings. The Morgan fingerprint density at radius 3 is 2.86 bits per heavy atom. The fourth-order valence-electron chi connectivity index (χ4n) is 2.46. The minimum absolute atomic E-state index is 0.0897. The molecule has 112 valence electrons. The molecule has 1 atom stereocenters. The van der Waals surface area contributed by atoms with Crippen LogP contribution in [0.15, 0.2) is 44.4 Å². The van der Waals surface area contributed by atoms with Crippen LogP contribution in [0.5, 0.6) is 0 Å². The minimum atomic E-state index is -3.57. The van der Waals surface area contributed by atoms with Crippen molar-refractivity contribution in [2.45, 2.75) is 23.8 Å². The van der Waals surface area contributed by atoms with Crippen LogP contribution in [0.25, 0.3) is 11.0 Å². The van der Waals surface area contributed by atoms with Gasteiger partial charge in [0.2, 0.25) is 10.0 Å². The van der Waals surface area contributed by atoms with Crippen molar-refractivity contribution in [3.8, 4) is 0 Å². The number of piperidine rings is 1. The van der Waals surface area contributed by atoms with E-state index < -0.39 is 15.6 Å². The molecule has 1 aromatic carbocycles. The summed E-state index contributed by atoms with van der Waals surface area (Å²) in [4.78, 5) is 11.3. The highest BCUT2D eigenvalue weighted by atomic mass is 32.2. The molecule has 0 saturated carbocycles. The van der Waals surface area contributed by atoms with E-state index in [0.717, 1.165) is 19.4 Å². The summed E-state index contributed by atoms with van der Waals surface area (Å²) in [5, 5.41) is 3.75. The van der Waals surface area contributed by atoms with E-state index >= 15 is 0 Å². The van der Waals surface area contributed by atoms with Gasteiger partial charge in [-0.05, 0) is 43.7 Å². The third-order valence-corrected chi connectivity index (χ3v) is 5.04. The van der Waals surface area contributed by atoms with Gasteiger partial charge in [-0.25, -0.2) is 17.9 Å². The highest BCUT2D eigenvalue weighted by Crippen LogP contribution is 2.18. The van der Waals surface area contributed by atoms with Crippen LogP contribution in [-0.4, -0.2) is 27.5 Å². The SMILES string of the molecule is O=c1ccc2cc(S(=O)(=O)N[C@@H]3CCCNC3)ccc2o1. The normalized spacial score (nSPS) is 19.7. The molecule has 0 amide bonds. The first-order valence-corrected chi connectivity index (χ1v) is 8.30. The van der Waals surface area contributed by atoms with E-state index in [1.165, 1.54) is 24.3 Å². The van der Waals surface area contributed by atoms with Crippen molar-refractivity contribution in [3.05, 3.63) is 40.8 Å². The average Bonchev–Trinajstić information content (AvgIpc) is 2.47. The number of hydrogen-bond donors (Lipinski definition) is 2. The van der Waals surface area contributed by atoms with Crippen LogP contribution in [-0.2, 0) is 10.0 Å². The molecule has 0 bridgehead atoms. The lowest BCUT2D eigenvalue weighted by molar-refractivity contribution is 0.428. The maximum absolute atomic E-state index is 12.4. The molecular formula is C14H16N2O4S. The van der Waals surface area contributed by atoms with E-state index in [1.807, 2.05) is 0 Å². The van der Waals surface area contributed by atoms with Gasteiger partial charge in [-0.15, -0.1) is 0 Å². The van der Waals surface area contributed by atoms with Crippen molar-refractivity contribution in [1.29, 1.82) is 0 Å². The van der Waals surface area contributed by atoms with Crippen molar-refractivity contribution < 1.29 is 12.8 Å². The molecule has 3 rings (SSSR count). The number of fused-ring (bicyclic) bond motifs is 1. The summed E-state index contributed by atoms with van der Waals surface area (Å²) in [5.74, 6) is 0. The smallest absolute Gasteiger partial charge is 0.336 e. The third kappa shape index (κ3) is 3.15. The maximum atomic E-state index is 12.4. The largest absolute Gasteiger partial charge is 0.423 e. The molecule has 1 aliphatic rings. The zero-order valence-electron chi connectivity index (χ0n) is 11.3. The Morgan fingerprint density at radius 2 is 2.10 bits per heavy atom. The molecule has 1 saturated heterocycles. The van der Waals surface area contributed by atoms with E-state index in [0.29, 0.717) is 17.5 Å². The van der Waals surface area contributed by atoms with Crippen LogP contribution in [0, 0.1) is 0 Å². The van der Waals surface area contributed by atoms with Crippen molar-refractivity contribution >= 4 is 21.0 Å². The molecule has 0 unspecified atom stereocenters. The third-order valence-electron chi connectivity index (χ3n) is 3.52. The number of benzene rings is 1. The Labute approximate surface area is 122 Å². The first-order valence-electron chi connectivity index (χ1n) is 6.81. The zero-order chi connectivity index (χ0) is 14.9. The predicted molar refractivity (Wildman–Crippen MR) is 78.7 cm³/mol. The molecule has 1 aromatic heterocycles. The van der Waals surface area contributed by atoms with E-state index in [-0.39, 0.29) is 10.9 Å². The summed E-state index contributed by atoms with van der Waals surface area (Å²) in [6.45, 7) is 1.56. The Kier molecular flexibility index (Phi) is 3.79. The molecule has 0 aliphatic carbocycles. The van der Waals surface area contributed by atoms with Gasteiger partial charge in [0.1, 0.15) is 5.58 Å². The van der Waals surface area contributed by atoms with Crippen LogP contribution in [0.2, 0.25) is 0 Å². The summed E-state index contributed by atoms with van der Waals surface area (Å²) in [5.41, 5.74) is -0.0784. The van der Waals surface area contributed by atoms with Gasteiger partial charge in [-0.2, -0.15) is 0 Å². The van der Waals surface area contributed by atoms with Gasteiger partial charge in [0, 0.05) is 24.0 Å². The molecule has 2 aromatic rings. The van der Waals surface area contributed by atoms with Crippen LogP contribution in [0.3, 0.4) is 0 Å². The summed E-state index contributed by atoms with van der Waals surface area (Å²) in [7, 11) is -3.57. The number of rotatable bonds is 3. The van der Waals surface area contributed by atoms with E-state index in [1.54, 1.807) is 6.07 Å². The van der Waals surface area contributed by atoms with E-state index in [4.69, 9.17) is 4.42 Å². The molecule has 21 heavy (non-hydrogen) atoms. The van der Waals surface area contributed by atoms with Gasteiger partial charge < -0.3 is 9.73 Å². The molecule has 2 heterocycles. The van der Waals surface area contributed by atoms with Gasteiger partial charge in [0.15, 0.2) is 0 Å². The molecule has 7 heteroatoms. The second kappa shape index (κ2) is 5.59. The maximum Gasteiger partial charge on any atom is 0.336 e. The van der Waals surface area contributed by atoms with Gasteiger partial charge in [0.05, 0.1) is 4.90 Å². The molecule has 0 spiro atoms. The number of sulfonamides is 1. The summed E-state index contributed by atoms with van der Waals surface area (Å²) in [6, 6.07) is 7.21. The monoisotopic (exact) mass is 308 g/mol. The molecule has 1 aliphatic heterocycles. The van der Waals surface area contributed by atoms with Crippen molar-refractivity contribution in [2.24, 2.45) is 0 Å². The van der Waals surface area contributed by atoms with Crippen LogP contribution < -0.4 is 15.7 Å². The van der Waals surface area contributed by atoms with Gasteiger partial charge in [-0.1, -0.05) is 0 Å². The number of nitrogens with one attached hydrogen (secondary N) is 2. The summed E-state index contributed by atoms with van der Waals surface area (Å²) in [6.07, 6.45) is 1.78. The van der Waals surface area contributed by atoms with Crippen molar-refractivity contribution in [1.82, 2.24) is 10.0 Å². The first kappa shape index (κ1) is 14.2. The van der Waals surface area contributed by atoms with Crippen molar-refractivity contribution in [2.75, 3.05) is 13.1 Å². The Morgan fingerprint density at radius 1 is 1.24 bits per heavy atom.